The van der Waals surface area contributed by atoms with Crippen molar-refractivity contribution in [2.24, 2.45) is 0 Å². The van der Waals surface area contributed by atoms with Crippen molar-refractivity contribution in [3.05, 3.63) is 305 Å². The molecule has 0 bridgehead atoms. The molecule has 12 aromatic rings. The van der Waals surface area contributed by atoms with Gasteiger partial charge in [0.05, 0.1) is 77.9 Å². The van der Waals surface area contributed by atoms with Gasteiger partial charge < -0.3 is 33.4 Å². The normalized spacial score (nSPS) is 10.9. The Hall–Kier alpha value is -11.8. The summed E-state index contributed by atoms with van der Waals surface area (Å²) >= 11 is 0. The highest BCUT2D eigenvalue weighted by Crippen LogP contribution is 2.32. The van der Waals surface area contributed by atoms with Crippen LogP contribution in [0.4, 0.5) is 57.1 Å². The van der Waals surface area contributed by atoms with Crippen molar-refractivity contribution < 1.29 is 86.4 Å². The molecule has 0 unspecified atom stereocenters. The Morgan fingerprint density at radius 3 is 1.05 bits per heavy atom. The molecular formula is C66H39F13N6O9. The summed E-state index contributed by atoms with van der Waals surface area (Å²) in [5.74, 6) is -14.2. The number of aldehydes is 2. The van der Waals surface area contributed by atoms with Gasteiger partial charge in [0.15, 0.2) is 52.2 Å². The van der Waals surface area contributed by atoms with Crippen LogP contribution < -0.4 is 26.2 Å². The van der Waals surface area contributed by atoms with E-state index in [1.165, 1.54) is 101 Å². The molecule has 2 N–H and O–H groups in total. The maximum atomic E-state index is 14.1. The van der Waals surface area contributed by atoms with Crippen LogP contribution in [0.1, 0.15) is 43.0 Å². The topological polar surface area (TPSA) is 198 Å². The van der Waals surface area contributed by atoms with Crippen LogP contribution in [0, 0.1) is 75.6 Å². The van der Waals surface area contributed by atoms with Crippen molar-refractivity contribution in [3.63, 3.8) is 0 Å². The summed E-state index contributed by atoms with van der Waals surface area (Å²) < 4.78 is 189. The number of rotatable bonds is 13. The number of ether oxygens (including phenoxy) is 2. The van der Waals surface area contributed by atoms with Crippen molar-refractivity contribution >= 4 is 45.3 Å². The highest BCUT2D eigenvalue weighted by Gasteiger charge is 2.19. The number of benzene rings is 9. The summed E-state index contributed by atoms with van der Waals surface area (Å²) in [6, 6.07) is 26.8. The summed E-state index contributed by atoms with van der Waals surface area (Å²) in [6.45, 7) is -0.501. The number of phenols is 1. The van der Waals surface area contributed by atoms with E-state index in [0.29, 0.717) is 35.0 Å². The Labute approximate surface area is 518 Å². The van der Waals surface area contributed by atoms with E-state index in [2.05, 4.69) is 15.0 Å². The Morgan fingerprint density at radius 2 is 0.713 bits per heavy atom. The number of nitrogens with zero attached hydrogens (tertiary/aromatic N) is 6. The van der Waals surface area contributed by atoms with Gasteiger partial charge in [0.1, 0.15) is 64.7 Å². The standard InChI is InChI=1S/C22H14F4N2O3.C22H12F4N2O3.C15H10F2N2O2.C7H3F3O/c2*23-14-2-1-13(17(24)7-14)9-28-11-27-22(30)16-8-15(3-4-20(16)28)31-21-18(25)5-12(10-29)6-19(21)26;16-10-2-1-9(13(17)5-10)7-19-8-18-15(21)12-6-11(20)3-4-14(12)19;8-5-1-4(3-11)2-6(9)7(5)10/h1-8,11,29H,9-10H2;1-8,10-11H,9H2;1-6,8,20H,7H2;1-3H. The van der Waals surface area contributed by atoms with E-state index in [0.717, 1.165) is 54.6 Å². The van der Waals surface area contributed by atoms with E-state index in [-0.39, 0.29) is 92.7 Å². The lowest BCUT2D eigenvalue weighted by molar-refractivity contribution is 0.111. The van der Waals surface area contributed by atoms with Crippen molar-refractivity contribution in [1.29, 1.82) is 0 Å². The van der Waals surface area contributed by atoms with Crippen LogP contribution in [0.3, 0.4) is 0 Å². The molecule has 0 atom stereocenters. The van der Waals surface area contributed by atoms with E-state index in [9.17, 15) is 86.2 Å². The lowest BCUT2D eigenvalue weighted by Gasteiger charge is -2.13. The molecular weight excluding hydrogens is 1270 g/mol. The average Bonchev–Trinajstić information content (AvgIpc) is 0.811. The Balaban J connectivity index is 0.000000156. The minimum Gasteiger partial charge on any atom is -0.508 e. The number of hydrogen-bond donors (Lipinski definition) is 2. The first-order chi connectivity index (χ1) is 44.9. The van der Waals surface area contributed by atoms with Crippen molar-refractivity contribution in [2.45, 2.75) is 26.2 Å². The molecule has 478 valence electrons. The van der Waals surface area contributed by atoms with Crippen LogP contribution in [0.2, 0.25) is 0 Å². The molecule has 3 heterocycles. The van der Waals surface area contributed by atoms with Gasteiger partial charge in [0, 0.05) is 46.0 Å². The molecule has 3 aromatic heterocycles. The van der Waals surface area contributed by atoms with Gasteiger partial charge in [-0.1, -0.05) is 18.2 Å². The molecule has 12 rings (SSSR count). The molecule has 0 aliphatic rings. The highest BCUT2D eigenvalue weighted by molar-refractivity contribution is 5.82. The van der Waals surface area contributed by atoms with Gasteiger partial charge in [-0.15, -0.1) is 0 Å². The fourth-order valence-electron chi connectivity index (χ4n) is 9.01. The lowest BCUT2D eigenvalue weighted by Crippen LogP contribution is -2.13. The third kappa shape index (κ3) is 15.7. The van der Waals surface area contributed by atoms with Crippen LogP contribution in [0.5, 0.6) is 28.7 Å². The first-order valence-corrected chi connectivity index (χ1v) is 26.9. The zero-order chi connectivity index (χ0) is 67.7. The maximum absolute atomic E-state index is 14.1. The number of halogens is 13. The number of hydrogen-bond acceptors (Lipinski definition) is 12. The molecule has 15 nitrogen and oxygen atoms in total. The number of carbonyl (C=O) groups excluding carboxylic acids is 2. The van der Waals surface area contributed by atoms with E-state index < -0.39 is 110 Å². The van der Waals surface area contributed by atoms with Gasteiger partial charge in [0.25, 0.3) is 16.7 Å². The van der Waals surface area contributed by atoms with E-state index in [1.54, 1.807) is 10.6 Å². The van der Waals surface area contributed by atoms with Crippen LogP contribution in [0.15, 0.2) is 179 Å². The van der Waals surface area contributed by atoms with Crippen LogP contribution in [-0.2, 0) is 26.2 Å². The summed E-state index contributed by atoms with van der Waals surface area (Å²) in [7, 11) is 0. The monoisotopic (exact) mass is 1310 g/mol. The second-order valence-corrected chi connectivity index (χ2v) is 19.9. The van der Waals surface area contributed by atoms with Crippen molar-refractivity contribution in [2.75, 3.05) is 0 Å². The quantitative estimate of drug-likeness (QED) is 0.0630. The van der Waals surface area contributed by atoms with Gasteiger partial charge in [-0.25, -0.2) is 57.1 Å². The minimum absolute atomic E-state index is 0.0216. The summed E-state index contributed by atoms with van der Waals surface area (Å²) in [5.41, 5.74) is -0.232. The maximum Gasteiger partial charge on any atom is 0.280 e. The summed E-state index contributed by atoms with van der Waals surface area (Å²) in [4.78, 5) is 68.0. The third-order valence-corrected chi connectivity index (χ3v) is 13.5. The van der Waals surface area contributed by atoms with Gasteiger partial charge >= 0.3 is 0 Å². The number of carbonyl (C=O) groups is 2. The van der Waals surface area contributed by atoms with Gasteiger partial charge in [0.2, 0.25) is 0 Å². The number of fused-ring (bicyclic) bond motifs is 3. The third-order valence-electron chi connectivity index (χ3n) is 13.5. The first-order valence-electron chi connectivity index (χ1n) is 26.9. The largest absolute Gasteiger partial charge is 0.508 e. The van der Waals surface area contributed by atoms with Gasteiger partial charge in [-0.05, 0) is 115 Å². The molecule has 0 radical (unpaired) electrons. The number of aliphatic hydroxyl groups excluding tert-OH is 1. The van der Waals surface area contributed by atoms with Crippen LogP contribution in [0.25, 0.3) is 32.7 Å². The predicted octanol–water partition coefficient (Wildman–Crippen LogP) is 13.2. The smallest absolute Gasteiger partial charge is 0.280 e. The van der Waals surface area contributed by atoms with Gasteiger partial charge in [-0.3, -0.25) is 24.0 Å². The molecule has 28 heteroatoms. The summed E-state index contributed by atoms with van der Waals surface area (Å²) in [6.07, 6.45) is 4.27. The molecule has 0 saturated carbocycles. The van der Waals surface area contributed by atoms with Crippen molar-refractivity contribution in [1.82, 2.24) is 28.7 Å². The fourth-order valence-corrected chi connectivity index (χ4v) is 9.01. The van der Waals surface area contributed by atoms with Crippen LogP contribution in [-0.4, -0.2) is 51.4 Å². The highest BCUT2D eigenvalue weighted by atomic mass is 19.2. The summed E-state index contributed by atoms with van der Waals surface area (Å²) in [5, 5.41) is 18.8. The van der Waals surface area contributed by atoms with E-state index in [4.69, 9.17) is 14.6 Å². The second-order valence-electron chi connectivity index (χ2n) is 19.9. The van der Waals surface area contributed by atoms with Crippen molar-refractivity contribution in [3.8, 4) is 28.7 Å². The number of aromatic nitrogens is 6. The Morgan fingerprint density at radius 1 is 0.383 bits per heavy atom. The predicted molar refractivity (Wildman–Crippen MR) is 312 cm³/mol. The lowest BCUT2D eigenvalue weighted by atomic mass is 10.2. The number of aromatic hydroxyl groups is 1. The number of phenolic OH excluding ortho intramolecular Hbond substituents is 1. The zero-order valence-electron chi connectivity index (χ0n) is 47.4. The second kappa shape index (κ2) is 29.0. The van der Waals surface area contributed by atoms with Crippen LogP contribution >= 0.6 is 0 Å². The minimum atomic E-state index is -1.56. The molecule has 0 aliphatic carbocycles. The molecule has 94 heavy (non-hydrogen) atoms. The molecule has 0 amide bonds. The zero-order valence-corrected chi connectivity index (χ0v) is 47.4. The Bertz CT molecular complexity index is 5040. The Kier molecular flexibility index (Phi) is 20.5. The molecule has 0 fully saturated rings. The molecule has 0 saturated heterocycles. The molecule has 0 aliphatic heterocycles. The molecule has 9 aromatic carbocycles. The van der Waals surface area contributed by atoms with Gasteiger partial charge in [-0.2, -0.15) is 15.0 Å². The molecule has 0 spiro atoms. The SMILES string of the molecule is O=Cc1cc(F)c(F)c(F)c1.O=Cc1cc(F)c(Oc2ccc3c(c2)c(=O)ncn3Cc2ccc(F)cc2F)c(F)c1.O=c1ncn(Cc2ccc(F)cc2F)c2ccc(O)cc12.O=c1ncn(Cc2ccc(F)cc2F)c2ccc(Oc3c(F)cc(CO)cc3F)cc12. The van der Waals surface area contributed by atoms with E-state index >= 15 is 0 Å². The number of aliphatic hydroxyl groups is 1. The average molecular weight is 1310 g/mol. The first kappa shape index (κ1) is 66.6. The van der Waals surface area contributed by atoms with E-state index in [1.807, 2.05) is 0 Å². The fraction of sp³-hybridized carbons (Fsp3) is 0.0606.